The van der Waals surface area contributed by atoms with Crippen molar-refractivity contribution in [2.24, 2.45) is 11.8 Å². The summed E-state index contributed by atoms with van der Waals surface area (Å²) < 4.78 is 19.2. The predicted molar refractivity (Wildman–Crippen MR) is 159 cm³/mol. The highest BCUT2D eigenvalue weighted by atomic mass is 35.5. The molecule has 3 aliphatic carbocycles. The summed E-state index contributed by atoms with van der Waals surface area (Å²) in [5.41, 5.74) is 2.59. The summed E-state index contributed by atoms with van der Waals surface area (Å²) >= 11 is 5.73. The molecule has 3 saturated carbocycles. The van der Waals surface area contributed by atoms with Crippen molar-refractivity contribution in [3.8, 4) is 5.75 Å². The lowest BCUT2D eigenvalue weighted by molar-refractivity contribution is -0.125. The SMILES string of the molecule is O=C(COc1ccc(Cl)c(F)c1)NC1C[C@H](NC(=O)C2CCc3ccccc3N2C2CCCCCCC2)C2CCC12. The lowest BCUT2D eigenvalue weighted by Gasteiger charge is -2.44. The maximum Gasteiger partial charge on any atom is 0.258 e. The minimum atomic E-state index is -0.578. The summed E-state index contributed by atoms with van der Waals surface area (Å²) in [5.74, 6) is 0.348. The smallest absolute Gasteiger partial charge is 0.258 e. The molecule has 1 heterocycles. The highest BCUT2D eigenvalue weighted by molar-refractivity contribution is 6.30. The number of para-hydroxylation sites is 1. The summed E-state index contributed by atoms with van der Waals surface area (Å²) in [4.78, 5) is 29.2. The number of aryl methyl sites for hydroxylation is 1. The molecule has 6 nitrogen and oxygen atoms in total. The molecule has 0 aromatic heterocycles. The molecule has 6 rings (SSSR count). The number of nitrogens with zero attached hydrogens (tertiary/aromatic N) is 1. The zero-order valence-corrected chi connectivity index (χ0v) is 24.4. The van der Waals surface area contributed by atoms with E-state index in [9.17, 15) is 14.0 Å². The maximum atomic E-state index is 14.0. The fourth-order valence-electron chi connectivity index (χ4n) is 7.74. The predicted octanol–water partition coefficient (Wildman–Crippen LogP) is 6.19. The molecule has 41 heavy (non-hydrogen) atoms. The minimum Gasteiger partial charge on any atom is -0.484 e. The molecule has 0 saturated heterocycles. The third kappa shape index (κ3) is 6.20. The van der Waals surface area contributed by atoms with Gasteiger partial charge in [-0.3, -0.25) is 9.59 Å². The van der Waals surface area contributed by atoms with Crippen LogP contribution >= 0.6 is 11.6 Å². The Morgan fingerprint density at radius 2 is 1.61 bits per heavy atom. The van der Waals surface area contributed by atoms with E-state index in [0.717, 1.165) is 44.9 Å². The number of carbonyl (C=O) groups excluding carboxylic acids is 2. The molecule has 4 unspecified atom stereocenters. The van der Waals surface area contributed by atoms with Crippen LogP contribution in [0.15, 0.2) is 42.5 Å². The fraction of sp³-hybridized carbons (Fsp3) is 0.576. The summed E-state index contributed by atoms with van der Waals surface area (Å²) in [6.45, 7) is -0.191. The van der Waals surface area contributed by atoms with Crippen molar-refractivity contribution < 1.29 is 18.7 Å². The average Bonchev–Trinajstić information content (AvgIpc) is 3.15. The van der Waals surface area contributed by atoms with E-state index in [1.54, 1.807) is 6.07 Å². The molecule has 0 radical (unpaired) electrons. The van der Waals surface area contributed by atoms with Gasteiger partial charge in [0.15, 0.2) is 6.61 Å². The van der Waals surface area contributed by atoms with Crippen LogP contribution in [0.5, 0.6) is 5.75 Å². The number of halogens is 2. The first kappa shape index (κ1) is 28.3. The number of ether oxygens (including phenoxy) is 1. The van der Waals surface area contributed by atoms with Gasteiger partial charge in [-0.1, -0.05) is 61.9 Å². The average molecular weight is 582 g/mol. The van der Waals surface area contributed by atoms with Gasteiger partial charge in [0.2, 0.25) is 5.91 Å². The molecule has 5 atom stereocenters. The number of hydrogen-bond donors (Lipinski definition) is 2. The molecule has 4 aliphatic rings. The van der Waals surface area contributed by atoms with Crippen LogP contribution in [0.2, 0.25) is 5.02 Å². The second kappa shape index (κ2) is 12.6. The molecule has 1 aliphatic heterocycles. The van der Waals surface area contributed by atoms with Gasteiger partial charge in [0.1, 0.15) is 17.6 Å². The minimum absolute atomic E-state index is 0.00546. The van der Waals surface area contributed by atoms with Crippen LogP contribution < -0.4 is 20.3 Å². The van der Waals surface area contributed by atoms with Crippen molar-refractivity contribution >= 4 is 29.1 Å². The van der Waals surface area contributed by atoms with E-state index in [1.807, 2.05) is 0 Å². The standard InChI is InChI=1S/C33H41ClFN3O3/c34-26-16-13-23(18-27(26)35)41-20-32(39)36-28-19-29(25-15-14-24(25)28)37-33(40)31-17-12-21-8-6-7-11-30(21)38(31)22-9-4-2-1-3-5-10-22/h6-8,11,13,16,18,22,24-25,28-29,31H,1-5,9-10,12,14-15,17,19-20H2,(H,36,39)(H,37,40)/t24?,25?,28?,29-,31?/m0/s1. The highest BCUT2D eigenvalue weighted by Crippen LogP contribution is 2.47. The summed E-state index contributed by atoms with van der Waals surface area (Å²) in [5, 5.41) is 6.61. The number of amides is 2. The Morgan fingerprint density at radius 1 is 0.902 bits per heavy atom. The van der Waals surface area contributed by atoms with Crippen molar-refractivity contribution in [2.45, 2.75) is 101 Å². The van der Waals surface area contributed by atoms with Crippen LogP contribution in [-0.4, -0.2) is 42.6 Å². The molecule has 2 aromatic rings. The molecule has 3 fully saturated rings. The maximum absolute atomic E-state index is 14.0. The van der Waals surface area contributed by atoms with Gasteiger partial charge in [0.05, 0.1) is 5.02 Å². The Labute approximate surface area is 247 Å². The number of benzene rings is 2. The van der Waals surface area contributed by atoms with Gasteiger partial charge < -0.3 is 20.3 Å². The Bertz CT molecular complexity index is 1250. The molecule has 0 bridgehead atoms. The van der Waals surface area contributed by atoms with E-state index < -0.39 is 5.82 Å². The monoisotopic (exact) mass is 581 g/mol. The number of nitrogens with one attached hydrogen (secondary N) is 2. The Kier molecular flexibility index (Phi) is 8.71. The Morgan fingerprint density at radius 3 is 2.34 bits per heavy atom. The zero-order valence-electron chi connectivity index (χ0n) is 23.6. The van der Waals surface area contributed by atoms with Crippen molar-refractivity contribution in [3.05, 3.63) is 58.9 Å². The van der Waals surface area contributed by atoms with Gasteiger partial charge in [-0.05, 0) is 80.5 Å². The Balaban J connectivity index is 1.09. The van der Waals surface area contributed by atoms with Gasteiger partial charge in [0, 0.05) is 29.9 Å². The summed E-state index contributed by atoms with van der Waals surface area (Å²) in [6.07, 6.45) is 13.2. The summed E-state index contributed by atoms with van der Waals surface area (Å²) in [7, 11) is 0. The number of anilines is 1. The van der Waals surface area contributed by atoms with Gasteiger partial charge in [-0.25, -0.2) is 4.39 Å². The first-order valence-electron chi connectivity index (χ1n) is 15.5. The molecular formula is C33H41ClFN3O3. The van der Waals surface area contributed by atoms with Crippen LogP contribution in [-0.2, 0) is 16.0 Å². The van der Waals surface area contributed by atoms with E-state index in [1.165, 1.54) is 55.5 Å². The van der Waals surface area contributed by atoms with Crippen molar-refractivity contribution in [3.63, 3.8) is 0 Å². The van der Waals surface area contributed by atoms with E-state index in [2.05, 4.69) is 39.8 Å². The third-order valence-electron chi connectivity index (χ3n) is 9.92. The third-order valence-corrected chi connectivity index (χ3v) is 10.2. The van der Waals surface area contributed by atoms with Crippen LogP contribution in [0.4, 0.5) is 10.1 Å². The molecule has 220 valence electrons. The molecule has 2 N–H and O–H groups in total. The number of rotatable bonds is 7. The van der Waals surface area contributed by atoms with Gasteiger partial charge in [0.25, 0.3) is 5.91 Å². The van der Waals surface area contributed by atoms with Crippen molar-refractivity contribution in [2.75, 3.05) is 11.5 Å². The van der Waals surface area contributed by atoms with E-state index in [0.29, 0.717) is 17.9 Å². The van der Waals surface area contributed by atoms with E-state index in [4.69, 9.17) is 16.3 Å². The van der Waals surface area contributed by atoms with Crippen LogP contribution in [0.1, 0.15) is 76.2 Å². The fourth-order valence-corrected chi connectivity index (χ4v) is 7.86. The normalized spacial score (nSPS) is 28.0. The van der Waals surface area contributed by atoms with E-state index in [-0.39, 0.29) is 47.3 Å². The Hall–Kier alpha value is -2.80. The van der Waals surface area contributed by atoms with Crippen molar-refractivity contribution in [1.29, 1.82) is 0 Å². The molecule has 0 spiro atoms. The van der Waals surface area contributed by atoms with Gasteiger partial charge in [-0.15, -0.1) is 0 Å². The quantitative estimate of drug-likeness (QED) is 0.409. The largest absolute Gasteiger partial charge is 0.484 e. The van der Waals surface area contributed by atoms with Crippen LogP contribution in [0, 0.1) is 17.7 Å². The second-order valence-corrected chi connectivity index (χ2v) is 12.8. The number of carbonyl (C=O) groups is 2. The zero-order chi connectivity index (χ0) is 28.3. The van der Waals surface area contributed by atoms with Gasteiger partial charge in [-0.2, -0.15) is 0 Å². The lowest BCUT2D eigenvalue weighted by Crippen LogP contribution is -2.56. The molecule has 2 amide bonds. The highest BCUT2D eigenvalue weighted by Gasteiger charge is 2.50. The second-order valence-electron chi connectivity index (χ2n) is 12.4. The molecular weight excluding hydrogens is 541 g/mol. The molecule has 8 heteroatoms. The molecule has 2 aromatic carbocycles. The summed E-state index contributed by atoms with van der Waals surface area (Å²) in [6, 6.07) is 13.1. The lowest BCUT2D eigenvalue weighted by atomic mass is 9.73. The topological polar surface area (TPSA) is 70.7 Å². The first-order valence-corrected chi connectivity index (χ1v) is 15.9. The van der Waals surface area contributed by atoms with Crippen LogP contribution in [0.25, 0.3) is 0 Å². The van der Waals surface area contributed by atoms with E-state index >= 15 is 0 Å². The first-order chi connectivity index (χ1) is 20.0. The van der Waals surface area contributed by atoms with Crippen LogP contribution in [0.3, 0.4) is 0 Å². The number of hydrogen-bond acceptors (Lipinski definition) is 4. The number of fused-ring (bicyclic) bond motifs is 2. The van der Waals surface area contributed by atoms with Gasteiger partial charge >= 0.3 is 0 Å². The van der Waals surface area contributed by atoms with Crippen molar-refractivity contribution in [1.82, 2.24) is 10.6 Å².